The monoisotopic (exact) mass is 239 g/mol. The van der Waals surface area contributed by atoms with Gasteiger partial charge in [0.15, 0.2) is 0 Å². The number of nitrogens with one attached hydrogen (secondary N) is 3. The molecule has 0 fully saturated rings. The lowest BCUT2D eigenvalue weighted by molar-refractivity contribution is -0.121. The Morgan fingerprint density at radius 2 is 2.18 bits per heavy atom. The molecule has 0 radical (unpaired) electrons. The molecule has 1 aromatic rings. The van der Waals surface area contributed by atoms with Gasteiger partial charge in [0.2, 0.25) is 5.91 Å². The number of likely N-dealkylation sites (N-methyl/N-ethyl adjacent to an activating group) is 2. The number of aromatic nitrogens is 2. The molecule has 0 aliphatic rings. The molecule has 0 unspecified atom stereocenters. The van der Waals surface area contributed by atoms with E-state index >= 15 is 0 Å². The molecule has 3 N–H and O–H groups in total. The Labute approximate surface area is 99.2 Å². The maximum Gasteiger partial charge on any atom is 0.269 e. The Bertz CT molecular complexity index is 429. The minimum atomic E-state index is -0.303. The van der Waals surface area contributed by atoms with Crippen molar-refractivity contribution < 1.29 is 4.79 Å². The van der Waals surface area contributed by atoms with Gasteiger partial charge in [0.05, 0.1) is 11.9 Å². The molecule has 94 valence electrons. The highest BCUT2D eigenvalue weighted by Crippen LogP contribution is 1.97. The van der Waals surface area contributed by atoms with Crippen molar-refractivity contribution in [1.82, 2.24) is 20.4 Å². The fourth-order valence-electron chi connectivity index (χ4n) is 1.20. The summed E-state index contributed by atoms with van der Waals surface area (Å²) < 4.78 is 1.11. The van der Waals surface area contributed by atoms with Crippen molar-refractivity contribution in [3.8, 4) is 0 Å². The topological polar surface area (TPSA) is 88.1 Å². The standard InChI is InChI=1S/C10H17N5O2/c1-11-3-4-13-8-5-10(17)15(14-6-8)7-9(16)12-2/h5-6,11,13H,3-4,7H2,1-2H3,(H,12,16). The second-order valence-electron chi connectivity index (χ2n) is 3.44. The molecule has 7 nitrogen and oxygen atoms in total. The van der Waals surface area contributed by atoms with Crippen LogP contribution in [0.2, 0.25) is 0 Å². The highest BCUT2D eigenvalue weighted by Gasteiger charge is 2.03. The van der Waals surface area contributed by atoms with Gasteiger partial charge < -0.3 is 16.0 Å². The van der Waals surface area contributed by atoms with Crippen molar-refractivity contribution in [2.45, 2.75) is 6.54 Å². The van der Waals surface area contributed by atoms with Crippen molar-refractivity contribution in [2.75, 3.05) is 32.5 Å². The molecule has 0 aliphatic heterocycles. The fraction of sp³-hybridized carbons (Fsp3) is 0.500. The summed E-state index contributed by atoms with van der Waals surface area (Å²) in [5, 5.41) is 12.4. The number of carbonyl (C=O) groups is 1. The Balaban J connectivity index is 2.66. The quantitative estimate of drug-likeness (QED) is 0.533. The molecule has 0 atom stereocenters. The summed E-state index contributed by atoms with van der Waals surface area (Å²) in [5.74, 6) is -0.254. The lowest BCUT2D eigenvalue weighted by atomic mass is 10.4. The van der Waals surface area contributed by atoms with Gasteiger partial charge in [0, 0.05) is 26.2 Å². The molecule has 0 bridgehead atoms. The number of amides is 1. The average molecular weight is 239 g/mol. The normalized spacial score (nSPS) is 10.0. The Morgan fingerprint density at radius 1 is 1.41 bits per heavy atom. The zero-order chi connectivity index (χ0) is 12.7. The van der Waals surface area contributed by atoms with Gasteiger partial charge in [-0.1, -0.05) is 0 Å². The highest BCUT2D eigenvalue weighted by atomic mass is 16.2. The first-order valence-corrected chi connectivity index (χ1v) is 5.33. The van der Waals surface area contributed by atoms with Gasteiger partial charge in [-0.2, -0.15) is 5.10 Å². The van der Waals surface area contributed by atoms with Gasteiger partial charge in [-0.3, -0.25) is 9.59 Å². The molecular formula is C10H17N5O2. The summed E-state index contributed by atoms with van der Waals surface area (Å²) in [7, 11) is 3.36. The molecule has 0 saturated carbocycles. The predicted octanol–water partition coefficient (Wildman–Crippen LogP) is -1.38. The van der Waals surface area contributed by atoms with Crippen LogP contribution in [0.5, 0.6) is 0 Å². The van der Waals surface area contributed by atoms with Crippen LogP contribution >= 0.6 is 0 Å². The number of carbonyl (C=O) groups excluding carboxylic acids is 1. The molecule has 7 heteroatoms. The number of hydrogen-bond acceptors (Lipinski definition) is 5. The van der Waals surface area contributed by atoms with Crippen LogP contribution < -0.4 is 21.5 Å². The predicted molar refractivity (Wildman–Crippen MR) is 65.0 cm³/mol. The van der Waals surface area contributed by atoms with E-state index < -0.39 is 0 Å². The van der Waals surface area contributed by atoms with E-state index in [1.807, 2.05) is 7.05 Å². The molecule has 0 saturated heterocycles. The molecule has 1 heterocycles. The molecule has 17 heavy (non-hydrogen) atoms. The number of anilines is 1. The summed E-state index contributed by atoms with van der Waals surface area (Å²) in [6, 6.07) is 1.42. The third kappa shape index (κ3) is 4.23. The van der Waals surface area contributed by atoms with Gasteiger partial charge in [-0.05, 0) is 7.05 Å². The second-order valence-corrected chi connectivity index (χ2v) is 3.44. The van der Waals surface area contributed by atoms with E-state index in [4.69, 9.17) is 0 Å². The molecule has 0 aromatic carbocycles. The lowest BCUT2D eigenvalue weighted by Gasteiger charge is -2.07. The smallest absolute Gasteiger partial charge is 0.269 e. The van der Waals surface area contributed by atoms with Crippen molar-refractivity contribution in [3.05, 3.63) is 22.6 Å². The van der Waals surface area contributed by atoms with Crippen molar-refractivity contribution in [1.29, 1.82) is 0 Å². The number of nitrogens with zero attached hydrogens (tertiary/aromatic N) is 2. The molecule has 1 rings (SSSR count). The first-order valence-electron chi connectivity index (χ1n) is 5.33. The largest absolute Gasteiger partial charge is 0.382 e. The molecule has 1 aromatic heterocycles. The summed E-state index contributed by atoms with van der Waals surface area (Å²) >= 11 is 0. The average Bonchev–Trinajstić information content (AvgIpc) is 2.32. The van der Waals surface area contributed by atoms with E-state index in [-0.39, 0.29) is 18.0 Å². The Kier molecular flexibility index (Phi) is 5.15. The van der Waals surface area contributed by atoms with Crippen LogP contribution in [0.15, 0.2) is 17.1 Å². The Morgan fingerprint density at radius 3 is 2.76 bits per heavy atom. The molecular weight excluding hydrogens is 222 g/mol. The van der Waals surface area contributed by atoms with Crippen LogP contribution in [0.1, 0.15) is 0 Å². The maximum absolute atomic E-state index is 11.6. The first kappa shape index (κ1) is 13.2. The van der Waals surface area contributed by atoms with Crippen molar-refractivity contribution in [2.24, 2.45) is 0 Å². The fourth-order valence-corrected chi connectivity index (χ4v) is 1.20. The minimum absolute atomic E-state index is 0.0634. The van der Waals surface area contributed by atoms with Crippen LogP contribution in [-0.4, -0.2) is 42.9 Å². The first-order chi connectivity index (χ1) is 8.17. The van der Waals surface area contributed by atoms with Crippen LogP contribution in [0.25, 0.3) is 0 Å². The van der Waals surface area contributed by atoms with Gasteiger partial charge >= 0.3 is 0 Å². The third-order valence-electron chi connectivity index (χ3n) is 2.15. The zero-order valence-corrected chi connectivity index (χ0v) is 9.99. The Hall–Kier alpha value is -1.89. The second kappa shape index (κ2) is 6.64. The molecule has 1 amide bonds. The SMILES string of the molecule is CNCCNc1cnn(CC(=O)NC)c(=O)c1. The summed E-state index contributed by atoms with van der Waals surface area (Å²) in [6.45, 7) is 1.44. The van der Waals surface area contributed by atoms with E-state index in [0.717, 1.165) is 11.2 Å². The third-order valence-corrected chi connectivity index (χ3v) is 2.15. The van der Waals surface area contributed by atoms with E-state index in [1.165, 1.54) is 19.3 Å². The van der Waals surface area contributed by atoms with Crippen molar-refractivity contribution in [3.63, 3.8) is 0 Å². The zero-order valence-electron chi connectivity index (χ0n) is 9.99. The van der Waals surface area contributed by atoms with Gasteiger partial charge in [0.25, 0.3) is 5.56 Å². The van der Waals surface area contributed by atoms with E-state index in [9.17, 15) is 9.59 Å². The van der Waals surface area contributed by atoms with Crippen molar-refractivity contribution >= 4 is 11.6 Å². The van der Waals surface area contributed by atoms with Crippen LogP contribution in [0.3, 0.4) is 0 Å². The minimum Gasteiger partial charge on any atom is -0.382 e. The lowest BCUT2D eigenvalue weighted by Crippen LogP contribution is -2.31. The van der Waals surface area contributed by atoms with E-state index in [2.05, 4.69) is 21.0 Å². The van der Waals surface area contributed by atoms with Gasteiger partial charge in [-0.15, -0.1) is 0 Å². The summed E-state index contributed by atoms with van der Waals surface area (Å²) in [5.41, 5.74) is 0.349. The summed E-state index contributed by atoms with van der Waals surface area (Å²) in [4.78, 5) is 22.7. The molecule has 0 aliphatic carbocycles. The molecule has 0 spiro atoms. The van der Waals surface area contributed by atoms with E-state index in [1.54, 1.807) is 0 Å². The summed E-state index contributed by atoms with van der Waals surface area (Å²) in [6.07, 6.45) is 1.53. The van der Waals surface area contributed by atoms with Crippen LogP contribution in [-0.2, 0) is 11.3 Å². The van der Waals surface area contributed by atoms with Crippen LogP contribution in [0.4, 0.5) is 5.69 Å². The van der Waals surface area contributed by atoms with Crippen LogP contribution in [0, 0.1) is 0 Å². The van der Waals surface area contributed by atoms with Gasteiger partial charge in [0.1, 0.15) is 6.54 Å². The maximum atomic E-state index is 11.6. The van der Waals surface area contributed by atoms with E-state index in [0.29, 0.717) is 12.2 Å². The highest BCUT2D eigenvalue weighted by molar-refractivity contribution is 5.75. The number of rotatable bonds is 6. The van der Waals surface area contributed by atoms with Gasteiger partial charge in [-0.25, -0.2) is 4.68 Å². The number of hydrogen-bond donors (Lipinski definition) is 3.